The quantitative estimate of drug-likeness (QED) is 0.774. The highest BCUT2D eigenvalue weighted by Gasteiger charge is 2.33. The van der Waals surface area contributed by atoms with Crippen LogP contribution in [-0.4, -0.2) is 27.7 Å². The van der Waals surface area contributed by atoms with Gasteiger partial charge in [0, 0.05) is 18.7 Å². The fraction of sp³-hybridized carbons (Fsp3) is 0.222. The average molecular weight is 345 g/mol. The lowest BCUT2D eigenvalue weighted by atomic mass is 10.0. The molecule has 0 radical (unpaired) electrons. The fourth-order valence-electron chi connectivity index (χ4n) is 3.23. The van der Waals surface area contributed by atoms with E-state index >= 15 is 0 Å². The van der Waals surface area contributed by atoms with Crippen molar-refractivity contribution < 1.29 is 18.3 Å². The Labute approximate surface area is 141 Å². The number of aliphatic hydroxyl groups is 1. The molecule has 25 heavy (non-hydrogen) atoms. The van der Waals surface area contributed by atoms with Gasteiger partial charge in [0.1, 0.15) is 11.6 Å². The van der Waals surface area contributed by atoms with E-state index in [1.54, 1.807) is 17.0 Å². The summed E-state index contributed by atoms with van der Waals surface area (Å²) in [6.07, 6.45) is 1.26. The molecule has 4 nitrogen and oxygen atoms in total. The molecule has 4 rings (SSSR count). The topological polar surface area (TPSA) is 49.2 Å². The highest BCUT2D eigenvalue weighted by Crippen LogP contribution is 2.36. The monoisotopic (exact) mass is 345 g/mol. The van der Waals surface area contributed by atoms with Gasteiger partial charge in [0.2, 0.25) is 0 Å². The van der Waals surface area contributed by atoms with E-state index in [0.29, 0.717) is 24.3 Å². The van der Waals surface area contributed by atoms with Crippen LogP contribution in [0.1, 0.15) is 18.0 Å². The lowest BCUT2D eigenvalue weighted by Gasteiger charge is -2.25. The summed E-state index contributed by atoms with van der Waals surface area (Å²) in [7, 11) is 0. The van der Waals surface area contributed by atoms with Gasteiger partial charge >= 0.3 is 0 Å². The van der Waals surface area contributed by atoms with Crippen molar-refractivity contribution in [3.8, 4) is 0 Å². The Hall–Kier alpha value is -2.67. The number of fused-ring (bicyclic) bond motifs is 1. The molecule has 1 fully saturated rings. The highest BCUT2D eigenvalue weighted by molar-refractivity contribution is 5.76. The van der Waals surface area contributed by atoms with Crippen molar-refractivity contribution in [1.82, 2.24) is 9.97 Å². The standard InChI is InChI=1S/C18H14F3N3O/c19-11-3-1-2-10(4-11)17-5-12(25)9-24(17)18-8-22-15-6-13(20)14(21)7-16(15)23-18/h1-4,6-8,12,17,25H,5,9H2/t12-,17-/m0/s1. The van der Waals surface area contributed by atoms with Crippen molar-refractivity contribution in [3.05, 3.63) is 65.6 Å². The summed E-state index contributed by atoms with van der Waals surface area (Å²) < 4.78 is 40.3. The summed E-state index contributed by atoms with van der Waals surface area (Å²) in [5, 5.41) is 10.1. The Morgan fingerprint density at radius 2 is 1.80 bits per heavy atom. The summed E-state index contributed by atoms with van der Waals surface area (Å²) in [6, 6.07) is 7.86. The van der Waals surface area contributed by atoms with E-state index in [1.165, 1.54) is 18.3 Å². The number of hydrogen-bond acceptors (Lipinski definition) is 4. The van der Waals surface area contributed by atoms with Gasteiger partial charge in [-0.15, -0.1) is 0 Å². The Balaban J connectivity index is 1.76. The number of anilines is 1. The zero-order valence-electron chi connectivity index (χ0n) is 13.0. The van der Waals surface area contributed by atoms with Gasteiger partial charge in [0.15, 0.2) is 11.6 Å². The first-order valence-corrected chi connectivity index (χ1v) is 7.83. The molecule has 7 heteroatoms. The lowest BCUT2D eigenvalue weighted by Crippen LogP contribution is -2.25. The third kappa shape index (κ3) is 2.91. The van der Waals surface area contributed by atoms with Gasteiger partial charge in [-0.2, -0.15) is 0 Å². The minimum Gasteiger partial charge on any atom is -0.391 e. The van der Waals surface area contributed by atoms with Gasteiger partial charge in [-0.3, -0.25) is 4.98 Å². The minimum atomic E-state index is -0.998. The first-order chi connectivity index (χ1) is 12.0. The zero-order chi connectivity index (χ0) is 17.6. The molecule has 1 saturated heterocycles. The molecule has 0 unspecified atom stereocenters. The van der Waals surface area contributed by atoms with Crippen LogP contribution in [0.2, 0.25) is 0 Å². The average Bonchev–Trinajstić information content (AvgIpc) is 2.97. The van der Waals surface area contributed by atoms with Crippen molar-refractivity contribution in [1.29, 1.82) is 0 Å². The number of aliphatic hydroxyl groups excluding tert-OH is 1. The van der Waals surface area contributed by atoms with E-state index in [0.717, 1.165) is 12.1 Å². The normalized spacial score (nSPS) is 20.4. The zero-order valence-corrected chi connectivity index (χ0v) is 13.0. The first kappa shape index (κ1) is 15.8. The fourth-order valence-corrected chi connectivity index (χ4v) is 3.23. The maximum absolute atomic E-state index is 13.6. The van der Waals surface area contributed by atoms with Crippen molar-refractivity contribution in [3.63, 3.8) is 0 Å². The maximum Gasteiger partial charge on any atom is 0.161 e. The molecule has 0 bridgehead atoms. The largest absolute Gasteiger partial charge is 0.391 e. The van der Waals surface area contributed by atoms with Crippen LogP contribution < -0.4 is 4.90 Å². The molecule has 128 valence electrons. The number of halogens is 3. The second kappa shape index (κ2) is 6.00. The number of β-amino-alcohol motifs (C(OH)–C–C–N with tert-alkyl or cyclic N) is 1. The summed E-state index contributed by atoms with van der Waals surface area (Å²) in [5.41, 5.74) is 1.17. The molecule has 2 heterocycles. The number of benzene rings is 2. The van der Waals surface area contributed by atoms with E-state index in [4.69, 9.17) is 0 Å². The van der Waals surface area contributed by atoms with E-state index < -0.39 is 17.7 Å². The second-order valence-corrected chi connectivity index (χ2v) is 6.10. The van der Waals surface area contributed by atoms with Gasteiger partial charge in [-0.1, -0.05) is 12.1 Å². The lowest BCUT2D eigenvalue weighted by molar-refractivity contribution is 0.194. The number of aromatic nitrogens is 2. The van der Waals surface area contributed by atoms with Crippen LogP contribution in [0.15, 0.2) is 42.6 Å². The number of rotatable bonds is 2. The van der Waals surface area contributed by atoms with E-state index in [2.05, 4.69) is 9.97 Å². The van der Waals surface area contributed by atoms with Crippen LogP contribution in [0.4, 0.5) is 19.0 Å². The molecule has 1 aliphatic rings. The van der Waals surface area contributed by atoms with E-state index in [9.17, 15) is 18.3 Å². The van der Waals surface area contributed by atoms with Crippen LogP contribution in [0.3, 0.4) is 0 Å². The van der Waals surface area contributed by atoms with Crippen LogP contribution >= 0.6 is 0 Å². The van der Waals surface area contributed by atoms with Crippen LogP contribution in [0.25, 0.3) is 11.0 Å². The highest BCUT2D eigenvalue weighted by atomic mass is 19.2. The molecule has 0 spiro atoms. The molecule has 1 aromatic heterocycles. The van der Waals surface area contributed by atoms with Crippen molar-refractivity contribution >= 4 is 16.9 Å². The summed E-state index contributed by atoms with van der Waals surface area (Å²) in [5.74, 6) is -1.92. The van der Waals surface area contributed by atoms with Crippen molar-refractivity contribution in [2.75, 3.05) is 11.4 Å². The Kier molecular flexibility index (Phi) is 3.80. The predicted octanol–water partition coefficient (Wildman–Crippen LogP) is 3.36. The summed E-state index contributed by atoms with van der Waals surface area (Å²) in [4.78, 5) is 10.3. The van der Waals surface area contributed by atoms with E-state index in [1.807, 2.05) is 0 Å². The molecule has 2 atom stereocenters. The Morgan fingerprint density at radius 1 is 1.04 bits per heavy atom. The SMILES string of the molecule is O[C@H]1C[C@@H](c2cccc(F)c2)N(c2cnc3cc(F)c(F)cc3n2)C1. The molecule has 1 N–H and O–H groups in total. The molecule has 0 aliphatic carbocycles. The van der Waals surface area contributed by atoms with Gasteiger partial charge < -0.3 is 10.0 Å². The third-order valence-corrected chi connectivity index (χ3v) is 4.38. The minimum absolute atomic E-state index is 0.218. The summed E-state index contributed by atoms with van der Waals surface area (Å²) >= 11 is 0. The second-order valence-electron chi connectivity index (χ2n) is 6.10. The molecule has 1 aliphatic heterocycles. The van der Waals surface area contributed by atoms with Gasteiger partial charge in [-0.05, 0) is 24.1 Å². The Bertz CT molecular complexity index is 950. The van der Waals surface area contributed by atoms with Crippen LogP contribution in [0, 0.1) is 17.5 Å². The molecule has 3 aromatic rings. The van der Waals surface area contributed by atoms with Gasteiger partial charge in [-0.25, -0.2) is 18.2 Å². The van der Waals surface area contributed by atoms with Crippen molar-refractivity contribution in [2.24, 2.45) is 0 Å². The van der Waals surface area contributed by atoms with Gasteiger partial charge in [0.25, 0.3) is 0 Å². The molecule has 0 saturated carbocycles. The molecular formula is C18H14F3N3O. The molecular weight excluding hydrogens is 331 g/mol. The molecule has 0 amide bonds. The summed E-state index contributed by atoms with van der Waals surface area (Å²) in [6.45, 7) is 0.297. The number of hydrogen-bond donors (Lipinski definition) is 1. The smallest absolute Gasteiger partial charge is 0.161 e. The van der Waals surface area contributed by atoms with Crippen LogP contribution in [-0.2, 0) is 0 Å². The Morgan fingerprint density at radius 3 is 2.56 bits per heavy atom. The number of nitrogens with zero attached hydrogens (tertiary/aromatic N) is 3. The molecule has 2 aromatic carbocycles. The predicted molar refractivity (Wildman–Crippen MR) is 86.6 cm³/mol. The van der Waals surface area contributed by atoms with Gasteiger partial charge in [0.05, 0.1) is 29.4 Å². The maximum atomic E-state index is 13.6. The first-order valence-electron chi connectivity index (χ1n) is 7.83. The third-order valence-electron chi connectivity index (χ3n) is 4.38. The van der Waals surface area contributed by atoms with E-state index in [-0.39, 0.29) is 22.9 Å². The van der Waals surface area contributed by atoms with Crippen LogP contribution in [0.5, 0.6) is 0 Å². The van der Waals surface area contributed by atoms with Crippen molar-refractivity contribution in [2.45, 2.75) is 18.6 Å².